The second-order valence-corrected chi connectivity index (χ2v) is 5.11. The summed E-state index contributed by atoms with van der Waals surface area (Å²) in [6.45, 7) is -0.942. The Kier molecular flexibility index (Phi) is 4.23. The van der Waals surface area contributed by atoms with Crippen LogP contribution in [-0.4, -0.2) is 16.4 Å². The average molecular weight is 379 g/mol. The molecule has 4 nitrogen and oxygen atoms in total. The molecule has 0 fully saturated rings. The van der Waals surface area contributed by atoms with Gasteiger partial charge in [0.25, 0.3) is 0 Å². The number of rotatable bonds is 4. The predicted octanol–water partition coefficient (Wildman–Crippen LogP) is 3.28. The molecule has 0 amide bonds. The van der Waals surface area contributed by atoms with Crippen LogP contribution in [0.3, 0.4) is 0 Å². The van der Waals surface area contributed by atoms with E-state index in [4.69, 9.17) is 5.73 Å². The average Bonchev–Trinajstić information content (AvgIpc) is 2.69. The fraction of sp³-hybridized carbons (Fsp3) is 0.250. The maximum Gasteiger partial charge on any atom is 0.387 e. The molecule has 0 saturated heterocycles. The van der Waals surface area contributed by atoms with Crippen molar-refractivity contribution in [2.24, 2.45) is 0 Å². The molecule has 0 radical (unpaired) electrons. The van der Waals surface area contributed by atoms with Crippen LogP contribution in [0.1, 0.15) is 18.5 Å². The van der Waals surface area contributed by atoms with E-state index in [1.807, 2.05) is 13.0 Å². The summed E-state index contributed by atoms with van der Waals surface area (Å²) in [6, 6.07) is 6.36. The zero-order chi connectivity index (χ0) is 14.0. The maximum atomic E-state index is 12.2. The van der Waals surface area contributed by atoms with E-state index >= 15 is 0 Å². The van der Waals surface area contributed by atoms with Crippen LogP contribution < -0.4 is 10.5 Å². The fourth-order valence-electron chi connectivity index (χ4n) is 1.75. The monoisotopic (exact) mass is 379 g/mol. The standard InChI is InChI=1S/C12H12F2IN3O/c1-7(18-11(16)10(15)6-17-18)8-3-2-4-9(5-8)19-12(13)14/h2-7,12H,16H2,1H3. The molecule has 1 aromatic heterocycles. The Morgan fingerprint density at radius 3 is 2.74 bits per heavy atom. The van der Waals surface area contributed by atoms with Gasteiger partial charge in [-0.2, -0.15) is 13.9 Å². The summed E-state index contributed by atoms with van der Waals surface area (Å²) in [6.07, 6.45) is 1.66. The van der Waals surface area contributed by atoms with Crippen LogP contribution >= 0.6 is 22.6 Å². The number of hydrogen-bond acceptors (Lipinski definition) is 3. The number of halogens is 3. The van der Waals surface area contributed by atoms with Gasteiger partial charge in [0.2, 0.25) is 0 Å². The first-order valence-corrected chi connectivity index (χ1v) is 6.60. The molecule has 0 bridgehead atoms. The number of benzene rings is 1. The van der Waals surface area contributed by atoms with E-state index in [2.05, 4.69) is 32.4 Å². The van der Waals surface area contributed by atoms with E-state index in [-0.39, 0.29) is 11.8 Å². The minimum Gasteiger partial charge on any atom is -0.435 e. The molecule has 1 unspecified atom stereocenters. The molecule has 0 saturated carbocycles. The molecule has 102 valence electrons. The number of aromatic nitrogens is 2. The number of hydrogen-bond donors (Lipinski definition) is 1. The number of alkyl halides is 2. The van der Waals surface area contributed by atoms with Crippen molar-refractivity contribution >= 4 is 28.4 Å². The number of ether oxygens (including phenoxy) is 1. The largest absolute Gasteiger partial charge is 0.435 e. The lowest BCUT2D eigenvalue weighted by Crippen LogP contribution is -2.12. The van der Waals surface area contributed by atoms with Crippen molar-refractivity contribution < 1.29 is 13.5 Å². The van der Waals surface area contributed by atoms with Crippen molar-refractivity contribution in [2.45, 2.75) is 19.6 Å². The Morgan fingerprint density at radius 1 is 1.42 bits per heavy atom. The molecule has 2 aromatic rings. The highest BCUT2D eigenvalue weighted by atomic mass is 127. The van der Waals surface area contributed by atoms with Crippen molar-refractivity contribution in [3.63, 3.8) is 0 Å². The maximum absolute atomic E-state index is 12.2. The third-order valence-electron chi connectivity index (χ3n) is 2.72. The first kappa shape index (κ1) is 14.0. The summed E-state index contributed by atoms with van der Waals surface area (Å²) in [4.78, 5) is 0. The zero-order valence-electron chi connectivity index (χ0n) is 10.1. The SMILES string of the molecule is CC(c1cccc(OC(F)F)c1)n1ncc(I)c1N. The quantitative estimate of drug-likeness (QED) is 0.830. The van der Waals surface area contributed by atoms with Crippen molar-refractivity contribution in [3.05, 3.63) is 39.6 Å². The lowest BCUT2D eigenvalue weighted by atomic mass is 10.1. The van der Waals surface area contributed by atoms with E-state index in [1.165, 1.54) is 6.07 Å². The van der Waals surface area contributed by atoms with Crippen molar-refractivity contribution in [1.29, 1.82) is 0 Å². The molecule has 1 atom stereocenters. The molecule has 19 heavy (non-hydrogen) atoms. The summed E-state index contributed by atoms with van der Waals surface area (Å²) in [7, 11) is 0. The topological polar surface area (TPSA) is 53.1 Å². The third kappa shape index (κ3) is 3.14. The number of nitrogens with two attached hydrogens (primary N) is 1. The van der Waals surface area contributed by atoms with Crippen LogP contribution in [0.2, 0.25) is 0 Å². The second-order valence-electron chi connectivity index (χ2n) is 3.95. The van der Waals surface area contributed by atoms with Crippen LogP contribution in [0, 0.1) is 3.57 Å². The van der Waals surface area contributed by atoms with Crippen molar-refractivity contribution in [3.8, 4) is 5.75 Å². The minimum absolute atomic E-state index is 0.125. The molecule has 0 aliphatic carbocycles. The van der Waals surface area contributed by atoms with Crippen LogP contribution in [0.25, 0.3) is 0 Å². The number of anilines is 1. The Hall–Kier alpha value is -1.38. The lowest BCUT2D eigenvalue weighted by Gasteiger charge is -2.15. The first-order valence-electron chi connectivity index (χ1n) is 5.52. The van der Waals surface area contributed by atoms with Gasteiger partial charge >= 0.3 is 6.61 Å². The zero-order valence-corrected chi connectivity index (χ0v) is 12.2. The Balaban J connectivity index is 2.28. The molecule has 2 rings (SSSR count). The molecular weight excluding hydrogens is 367 g/mol. The molecule has 0 aliphatic heterocycles. The molecular formula is C12H12F2IN3O. The van der Waals surface area contributed by atoms with Gasteiger partial charge in [-0.3, -0.25) is 0 Å². The highest BCUT2D eigenvalue weighted by Gasteiger charge is 2.14. The fourth-order valence-corrected chi connectivity index (χ4v) is 2.12. The normalized spacial score (nSPS) is 12.7. The summed E-state index contributed by atoms with van der Waals surface area (Å²) in [5.41, 5.74) is 6.70. The van der Waals surface area contributed by atoms with E-state index < -0.39 is 6.61 Å². The van der Waals surface area contributed by atoms with Gasteiger partial charge in [0, 0.05) is 0 Å². The van der Waals surface area contributed by atoms with Gasteiger partial charge < -0.3 is 10.5 Å². The molecule has 1 aromatic carbocycles. The third-order valence-corrected chi connectivity index (χ3v) is 3.55. The Bertz CT molecular complexity index is 574. The van der Waals surface area contributed by atoms with E-state index in [0.717, 1.165) is 9.13 Å². The molecule has 0 spiro atoms. The van der Waals surface area contributed by atoms with E-state index in [1.54, 1.807) is 23.0 Å². The van der Waals surface area contributed by atoms with Gasteiger partial charge in [-0.15, -0.1) is 0 Å². The van der Waals surface area contributed by atoms with Crippen LogP contribution in [0.15, 0.2) is 30.5 Å². The lowest BCUT2D eigenvalue weighted by molar-refractivity contribution is -0.0499. The Labute approximate surface area is 122 Å². The van der Waals surface area contributed by atoms with Crippen molar-refractivity contribution in [2.75, 3.05) is 5.73 Å². The first-order chi connectivity index (χ1) is 8.99. The predicted molar refractivity (Wildman–Crippen MR) is 76.2 cm³/mol. The van der Waals surface area contributed by atoms with Gasteiger partial charge in [0.1, 0.15) is 11.6 Å². The minimum atomic E-state index is -2.83. The van der Waals surface area contributed by atoms with Crippen LogP contribution in [-0.2, 0) is 0 Å². The summed E-state index contributed by atoms with van der Waals surface area (Å²) in [5, 5.41) is 4.18. The van der Waals surface area contributed by atoms with Gasteiger partial charge in [-0.25, -0.2) is 4.68 Å². The molecule has 7 heteroatoms. The number of nitrogens with zero attached hydrogens (tertiary/aromatic N) is 2. The Morgan fingerprint density at radius 2 is 2.16 bits per heavy atom. The highest BCUT2D eigenvalue weighted by molar-refractivity contribution is 14.1. The van der Waals surface area contributed by atoms with Gasteiger partial charge in [0.05, 0.1) is 15.8 Å². The van der Waals surface area contributed by atoms with Gasteiger partial charge in [0.15, 0.2) is 0 Å². The molecule has 0 aliphatic rings. The molecule has 2 N–H and O–H groups in total. The summed E-state index contributed by atoms with van der Waals surface area (Å²) >= 11 is 2.09. The van der Waals surface area contributed by atoms with Crippen molar-refractivity contribution in [1.82, 2.24) is 9.78 Å². The second kappa shape index (κ2) is 5.72. The molecule has 1 heterocycles. The van der Waals surface area contributed by atoms with Crippen LogP contribution in [0.5, 0.6) is 5.75 Å². The van der Waals surface area contributed by atoms with Gasteiger partial charge in [-0.1, -0.05) is 12.1 Å². The van der Waals surface area contributed by atoms with Gasteiger partial charge in [-0.05, 0) is 47.2 Å². The number of nitrogen functional groups attached to an aromatic ring is 1. The highest BCUT2D eigenvalue weighted by Crippen LogP contribution is 2.26. The summed E-state index contributed by atoms with van der Waals surface area (Å²) < 4.78 is 31.2. The van der Waals surface area contributed by atoms with E-state index in [0.29, 0.717) is 5.82 Å². The summed E-state index contributed by atoms with van der Waals surface area (Å²) in [5.74, 6) is 0.674. The smallest absolute Gasteiger partial charge is 0.387 e. The van der Waals surface area contributed by atoms with E-state index in [9.17, 15) is 8.78 Å². The van der Waals surface area contributed by atoms with Crippen LogP contribution in [0.4, 0.5) is 14.6 Å².